The molecular weight excluding hydrogens is 345 g/mol. The molecule has 0 aliphatic carbocycles. The Morgan fingerprint density at radius 2 is 1.89 bits per heavy atom. The van der Waals surface area contributed by atoms with Gasteiger partial charge in [0, 0.05) is 24.1 Å². The van der Waals surface area contributed by atoms with Crippen LogP contribution in [0.1, 0.15) is 30.7 Å². The summed E-state index contributed by atoms with van der Waals surface area (Å²) in [7, 11) is 2.23. The van der Waals surface area contributed by atoms with Gasteiger partial charge in [-0.1, -0.05) is 12.1 Å². The summed E-state index contributed by atoms with van der Waals surface area (Å²) < 4.78 is 30.4. The monoisotopic (exact) mass is 369 g/mol. The summed E-state index contributed by atoms with van der Waals surface area (Å²) in [5, 5.41) is 0. The summed E-state index contributed by atoms with van der Waals surface area (Å²) in [5.74, 6) is 2.91. The molecule has 0 N–H and O–H groups in total. The molecule has 4 atom stereocenters. The number of benzene rings is 2. The maximum absolute atomic E-state index is 13.4. The van der Waals surface area contributed by atoms with E-state index in [4.69, 9.17) is 14.2 Å². The summed E-state index contributed by atoms with van der Waals surface area (Å²) in [6.07, 6.45) is 3.54. The lowest BCUT2D eigenvalue weighted by Gasteiger charge is -2.43. The Balaban J connectivity index is 1.37. The Hall–Kier alpha value is -2.27. The summed E-state index contributed by atoms with van der Waals surface area (Å²) in [6.45, 7) is 0.908. The van der Waals surface area contributed by atoms with Gasteiger partial charge in [-0.25, -0.2) is 4.39 Å². The zero-order chi connectivity index (χ0) is 18.4. The average Bonchev–Trinajstić information content (AvgIpc) is 3.23. The predicted molar refractivity (Wildman–Crippen MR) is 99.9 cm³/mol. The molecule has 3 aliphatic heterocycles. The molecule has 4 nitrogen and oxygen atoms in total. The summed E-state index contributed by atoms with van der Waals surface area (Å²) >= 11 is 0. The SMILES string of the molecule is CN1C2CC[C@@H]1C[C@H](c1ccc(F)cc1)C2COc1ccc2c(c1)OCO2. The number of hydrogen-bond acceptors (Lipinski definition) is 4. The van der Waals surface area contributed by atoms with Crippen molar-refractivity contribution in [3.8, 4) is 17.2 Å². The molecule has 142 valence electrons. The smallest absolute Gasteiger partial charge is 0.231 e. The fraction of sp³-hybridized carbons (Fsp3) is 0.455. The van der Waals surface area contributed by atoms with Crippen molar-refractivity contribution in [1.29, 1.82) is 0 Å². The lowest BCUT2D eigenvalue weighted by atomic mass is 9.76. The third-order valence-corrected chi connectivity index (χ3v) is 6.52. The van der Waals surface area contributed by atoms with E-state index in [1.165, 1.54) is 18.4 Å². The van der Waals surface area contributed by atoms with Gasteiger partial charge in [0.05, 0.1) is 6.61 Å². The third kappa shape index (κ3) is 3.04. The van der Waals surface area contributed by atoms with E-state index in [9.17, 15) is 4.39 Å². The van der Waals surface area contributed by atoms with Crippen molar-refractivity contribution in [1.82, 2.24) is 4.90 Å². The van der Waals surface area contributed by atoms with Crippen LogP contribution in [0.15, 0.2) is 42.5 Å². The number of fused-ring (bicyclic) bond motifs is 3. The average molecular weight is 369 g/mol. The minimum atomic E-state index is -0.178. The van der Waals surface area contributed by atoms with E-state index < -0.39 is 0 Å². The van der Waals surface area contributed by atoms with Crippen LogP contribution < -0.4 is 14.2 Å². The first-order valence-corrected chi connectivity index (χ1v) is 9.69. The second-order valence-electron chi connectivity index (χ2n) is 7.85. The molecule has 2 unspecified atom stereocenters. The first-order chi connectivity index (χ1) is 13.2. The van der Waals surface area contributed by atoms with E-state index in [1.54, 1.807) is 12.1 Å². The molecule has 2 saturated heterocycles. The molecule has 0 saturated carbocycles. The molecule has 5 rings (SSSR count). The van der Waals surface area contributed by atoms with E-state index in [0.29, 0.717) is 30.5 Å². The van der Waals surface area contributed by atoms with Gasteiger partial charge in [-0.05, 0) is 62.1 Å². The molecule has 2 aromatic rings. The minimum absolute atomic E-state index is 0.178. The Bertz CT molecular complexity index is 825. The van der Waals surface area contributed by atoms with Gasteiger partial charge in [-0.3, -0.25) is 0 Å². The third-order valence-electron chi connectivity index (χ3n) is 6.52. The van der Waals surface area contributed by atoms with Gasteiger partial charge in [0.25, 0.3) is 0 Å². The molecule has 2 fully saturated rings. The minimum Gasteiger partial charge on any atom is -0.493 e. The Kier molecular flexibility index (Phi) is 4.20. The van der Waals surface area contributed by atoms with Crippen LogP contribution in [0.25, 0.3) is 0 Å². The number of nitrogens with zero attached hydrogens (tertiary/aromatic N) is 1. The maximum atomic E-state index is 13.4. The molecule has 0 amide bonds. The van der Waals surface area contributed by atoms with Crippen molar-refractivity contribution < 1.29 is 18.6 Å². The van der Waals surface area contributed by atoms with Gasteiger partial charge >= 0.3 is 0 Å². The van der Waals surface area contributed by atoms with E-state index in [-0.39, 0.29) is 12.6 Å². The highest BCUT2D eigenvalue weighted by molar-refractivity contribution is 5.46. The maximum Gasteiger partial charge on any atom is 0.231 e. The van der Waals surface area contributed by atoms with Crippen molar-refractivity contribution in [2.24, 2.45) is 5.92 Å². The van der Waals surface area contributed by atoms with Crippen LogP contribution in [0.5, 0.6) is 17.2 Å². The second-order valence-corrected chi connectivity index (χ2v) is 7.85. The van der Waals surface area contributed by atoms with Crippen LogP contribution in [-0.2, 0) is 0 Å². The van der Waals surface area contributed by atoms with Crippen molar-refractivity contribution >= 4 is 0 Å². The van der Waals surface area contributed by atoms with Gasteiger partial charge in [0.2, 0.25) is 6.79 Å². The highest BCUT2D eigenvalue weighted by atomic mass is 19.1. The fourth-order valence-electron chi connectivity index (χ4n) is 5.06. The van der Waals surface area contributed by atoms with E-state index in [0.717, 1.165) is 23.7 Å². The van der Waals surface area contributed by atoms with Crippen LogP contribution >= 0.6 is 0 Å². The molecule has 0 aromatic heterocycles. The molecule has 0 radical (unpaired) electrons. The molecule has 3 heterocycles. The molecule has 5 heteroatoms. The van der Waals surface area contributed by atoms with Gasteiger partial charge in [-0.15, -0.1) is 0 Å². The number of piperidine rings is 1. The van der Waals surface area contributed by atoms with Crippen LogP contribution in [0, 0.1) is 11.7 Å². The highest BCUT2D eigenvalue weighted by Crippen LogP contribution is 2.46. The van der Waals surface area contributed by atoms with Crippen LogP contribution in [0.3, 0.4) is 0 Å². The van der Waals surface area contributed by atoms with Crippen molar-refractivity contribution in [2.75, 3.05) is 20.4 Å². The van der Waals surface area contributed by atoms with Crippen LogP contribution in [0.4, 0.5) is 4.39 Å². The van der Waals surface area contributed by atoms with Crippen LogP contribution in [0.2, 0.25) is 0 Å². The second kappa shape index (κ2) is 6.71. The Morgan fingerprint density at radius 3 is 2.74 bits per heavy atom. The first-order valence-electron chi connectivity index (χ1n) is 9.69. The van der Waals surface area contributed by atoms with E-state index in [1.807, 2.05) is 30.3 Å². The lowest BCUT2D eigenvalue weighted by Crippen LogP contribution is -2.47. The molecule has 27 heavy (non-hydrogen) atoms. The zero-order valence-electron chi connectivity index (χ0n) is 15.4. The molecule has 0 spiro atoms. The summed E-state index contributed by atoms with van der Waals surface area (Å²) in [4.78, 5) is 2.52. The standard InChI is InChI=1S/C22H24FNO3/c1-24-16-6-8-20(24)19(18(10-16)14-2-4-15(23)5-3-14)12-25-17-7-9-21-22(11-17)27-13-26-21/h2-5,7,9,11,16,18-20H,6,8,10,12-13H2,1H3/t16-,18-,19?,20?/m1/s1. The summed E-state index contributed by atoms with van der Waals surface area (Å²) in [5.41, 5.74) is 1.22. The van der Waals surface area contributed by atoms with Gasteiger partial charge < -0.3 is 19.1 Å². The van der Waals surface area contributed by atoms with Crippen LogP contribution in [-0.4, -0.2) is 37.4 Å². The number of ether oxygens (including phenoxy) is 3. The first kappa shape index (κ1) is 16.9. The van der Waals surface area contributed by atoms with Crippen molar-refractivity contribution in [3.63, 3.8) is 0 Å². The van der Waals surface area contributed by atoms with Crippen molar-refractivity contribution in [3.05, 3.63) is 53.8 Å². The Labute approximate surface area is 158 Å². The quantitative estimate of drug-likeness (QED) is 0.808. The van der Waals surface area contributed by atoms with Gasteiger partial charge in [-0.2, -0.15) is 0 Å². The number of halogens is 1. The Morgan fingerprint density at radius 1 is 1.07 bits per heavy atom. The zero-order valence-corrected chi connectivity index (χ0v) is 15.4. The molecular formula is C22H24FNO3. The molecule has 2 bridgehead atoms. The predicted octanol–water partition coefficient (Wildman–Crippen LogP) is 4.20. The number of hydrogen-bond donors (Lipinski definition) is 0. The number of rotatable bonds is 4. The van der Waals surface area contributed by atoms with Gasteiger partial charge in [0.1, 0.15) is 11.6 Å². The van der Waals surface area contributed by atoms with Crippen molar-refractivity contribution in [2.45, 2.75) is 37.3 Å². The van der Waals surface area contributed by atoms with E-state index in [2.05, 4.69) is 11.9 Å². The highest BCUT2D eigenvalue weighted by Gasteiger charge is 2.46. The molecule has 2 aromatic carbocycles. The van der Waals surface area contributed by atoms with E-state index >= 15 is 0 Å². The molecule has 3 aliphatic rings. The van der Waals surface area contributed by atoms with Gasteiger partial charge in [0.15, 0.2) is 11.5 Å². The summed E-state index contributed by atoms with van der Waals surface area (Å²) in [6, 6.07) is 13.9. The lowest BCUT2D eigenvalue weighted by molar-refractivity contribution is 0.0665. The fourth-order valence-corrected chi connectivity index (χ4v) is 5.06. The topological polar surface area (TPSA) is 30.9 Å². The largest absolute Gasteiger partial charge is 0.493 e. The normalized spacial score (nSPS) is 29.1.